The van der Waals surface area contributed by atoms with E-state index >= 15 is 0 Å². The SMILES string of the molecule is c1ccc(-c2noc(-c3cncnc3N3CCN(C4CCCCC4)CC3)n2)cc1. The molecule has 1 aromatic carbocycles. The fourth-order valence-corrected chi connectivity index (χ4v) is 4.51. The van der Waals surface area contributed by atoms with E-state index in [0.29, 0.717) is 11.7 Å². The summed E-state index contributed by atoms with van der Waals surface area (Å²) in [5, 5.41) is 4.15. The number of benzene rings is 1. The molecule has 150 valence electrons. The summed E-state index contributed by atoms with van der Waals surface area (Å²) in [4.78, 5) is 18.4. The topological polar surface area (TPSA) is 71.2 Å². The molecule has 7 heteroatoms. The molecule has 0 amide bonds. The van der Waals surface area contributed by atoms with E-state index in [2.05, 4.69) is 29.9 Å². The van der Waals surface area contributed by atoms with Gasteiger partial charge >= 0.3 is 0 Å². The highest BCUT2D eigenvalue weighted by molar-refractivity contribution is 5.70. The fraction of sp³-hybridized carbons (Fsp3) is 0.455. The van der Waals surface area contributed by atoms with E-state index in [9.17, 15) is 0 Å². The summed E-state index contributed by atoms with van der Waals surface area (Å²) < 4.78 is 5.57. The van der Waals surface area contributed by atoms with Crippen molar-refractivity contribution in [1.82, 2.24) is 25.0 Å². The van der Waals surface area contributed by atoms with E-state index in [-0.39, 0.29) is 0 Å². The van der Waals surface area contributed by atoms with Gasteiger partial charge in [-0.25, -0.2) is 9.97 Å². The molecule has 0 radical (unpaired) electrons. The lowest BCUT2D eigenvalue weighted by atomic mass is 9.94. The molecule has 3 heterocycles. The van der Waals surface area contributed by atoms with Crippen LogP contribution in [-0.2, 0) is 0 Å². The highest BCUT2D eigenvalue weighted by Crippen LogP contribution is 2.30. The monoisotopic (exact) mass is 390 g/mol. The van der Waals surface area contributed by atoms with E-state index in [0.717, 1.165) is 49.2 Å². The smallest absolute Gasteiger partial charge is 0.263 e. The predicted octanol–water partition coefficient (Wildman–Crippen LogP) is 3.65. The van der Waals surface area contributed by atoms with Crippen molar-refractivity contribution in [3.63, 3.8) is 0 Å². The van der Waals surface area contributed by atoms with Gasteiger partial charge in [0, 0.05) is 44.0 Å². The van der Waals surface area contributed by atoms with Crippen molar-refractivity contribution >= 4 is 5.82 Å². The third-order valence-corrected chi connectivity index (χ3v) is 6.08. The summed E-state index contributed by atoms with van der Waals surface area (Å²) in [5.41, 5.74) is 1.73. The molecule has 1 aliphatic carbocycles. The van der Waals surface area contributed by atoms with Gasteiger partial charge in [0.05, 0.1) is 0 Å². The van der Waals surface area contributed by atoms with Crippen LogP contribution in [-0.4, -0.2) is 57.2 Å². The van der Waals surface area contributed by atoms with Crippen molar-refractivity contribution in [2.45, 2.75) is 38.1 Å². The van der Waals surface area contributed by atoms with E-state index in [1.807, 2.05) is 30.3 Å². The molecule has 0 N–H and O–H groups in total. The first-order chi connectivity index (χ1) is 14.4. The standard InChI is InChI=1S/C22H26N6O/c1-3-7-17(8-4-1)20-25-22(29-26-20)19-15-23-16-24-21(19)28-13-11-27(12-14-28)18-9-5-2-6-10-18/h1,3-4,7-8,15-16,18H,2,5-6,9-14H2. The van der Waals surface area contributed by atoms with Crippen LogP contribution in [0.2, 0.25) is 0 Å². The lowest BCUT2D eigenvalue weighted by Gasteiger charge is -2.41. The fourth-order valence-electron chi connectivity index (χ4n) is 4.51. The van der Waals surface area contributed by atoms with Gasteiger partial charge < -0.3 is 9.42 Å². The molecule has 2 fully saturated rings. The van der Waals surface area contributed by atoms with Crippen LogP contribution < -0.4 is 4.90 Å². The second-order valence-corrected chi connectivity index (χ2v) is 7.86. The summed E-state index contributed by atoms with van der Waals surface area (Å²) in [6, 6.07) is 10.6. The molecule has 5 rings (SSSR count). The highest BCUT2D eigenvalue weighted by atomic mass is 16.5. The van der Waals surface area contributed by atoms with Gasteiger partial charge in [-0.15, -0.1) is 0 Å². The first kappa shape index (κ1) is 18.2. The number of nitrogens with zero attached hydrogens (tertiary/aromatic N) is 6. The zero-order valence-corrected chi connectivity index (χ0v) is 16.6. The largest absolute Gasteiger partial charge is 0.353 e. The summed E-state index contributed by atoms with van der Waals surface area (Å²) >= 11 is 0. The summed E-state index contributed by atoms with van der Waals surface area (Å²) in [7, 11) is 0. The van der Waals surface area contributed by atoms with Crippen molar-refractivity contribution in [2.24, 2.45) is 0 Å². The zero-order valence-electron chi connectivity index (χ0n) is 16.6. The lowest BCUT2D eigenvalue weighted by Crippen LogP contribution is -2.51. The summed E-state index contributed by atoms with van der Waals surface area (Å²) in [6.07, 6.45) is 10.2. The maximum atomic E-state index is 5.57. The normalized spacial score (nSPS) is 18.8. The van der Waals surface area contributed by atoms with Crippen molar-refractivity contribution in [2.75, 3.05) is 31.1 Å². The third-order valence-electron chi connectivity index (χ3n) is 6.08. The molecule has 1 aliphatic heterocycles. The summed E-state index contributed by atoms with van der Waals surface area (Å²) in [6.45, 7) is 4.07. The minimum absolute atomic E-state index is 0.467. The second-order valence-electron chi connectivity index (χ2n) is 7.86. The Morgan fingerprint density at radius 2 is 1.72 bits per heavy atom. The zero-order chi connectivity index (χ0) is 19.5. The second kappa shape index (κ2) is 8.29. The van der Waals surface area contributed by atoms with E-state index in [1.54, 1.807) is 12.5 Å². The number of piperazine rings is 1. The molecular weight excluding hydrogens is 364 g/mol. The van der Waals surface area contributed by atoms with Gasteiger partial charge in [0.2, 0.25) is 5.82 Å². The number of rotatable bonds is 4. The Morgan fingerprint density at radius 1 is 0.931 bits per heavy atom. The lowest BCUT2D eigenvalue weighted by molar-refractivity contribution is 0.147. The van der Waals surface area contributed by atoms with Gasteiger partial charge in [0.25, 0.3) is 5.89 Å². The Bertz CT molecular complexity index is 929. The van der Waals surface area contributed by atoms with Crippen LogP contribution in [0.5, 0.6) is 0 Å². The van der Waals surface area contributed by atoms with Crippen LogP contribution in [0.1, 0.15) is 32.1 Å². The van der Waals surface area contributed by atoms with E-state index in [1.165, 1.54) is 32.1 Å². The Balaban J connectivity index is 1.33. The summed E-state index contributed by atoms with van der Waals surface area (Å²) in [5.74, 6) is 1.93. The minimum atomic E-state index is 0.467. The molecule has 29 heavy (non-hydrogen) atoms. The molecule has 2 aromatic heterocycles. The van der Waals surface area contributed by atoms with Crippen molar-refractivity contribution in [1.29, 1.82) is 0 Å². The average Bonchev–Trinajstić information content (AvgIpc) is 3.31. The van der Waals surface area contributed by atoms with Crippen LogP contribution in [0.4, 0.5) is 5.82 Å². The number of hydrogen-bond donors (Lipinski definition) is 0. The van der Waals surface area contributed by atoms with Gasteiger partial charge in [0.15, 0.2) is 0 Å². The highest BCUT2D eigenvalue weighted by Gasteiger charge is 2.27. The van der Waals surface area contributed by atoms with Gasteiger partial charge in [0.1, 0.15) is 17.7 Å². The average molecular weight is 390 g/mol. The molecule has 7 nitrogen and oxygen atoms in total. The number of anilines is 1. The van der Waals surface area contributed by atoms with Gasteiger partial charge in [-0.3, -0.25) is 4.90 Å². The molecule has 0 atom stereocenters. The van der Waals surface area contributed by atoms with E-state index in [4.69, 9.17) is 4.52 Å². The third kappa shape index (κ3) is 3.87. The number of aromatic nitrogens is 4. The van der Waals surface area contributed by atoms with Gasteiger partial charge in [-0.05, 0) is 12.8 Å². The van der Waals surface area contributed by atoms with E-state index < -0.39 is 0 Å². The molecule has 1 saturated carbocycles. The van der Waals surface area contributed by atoms with Crippen molar-refractivity contribution in [3.05, 3.63) is 42.9 Å². The Morgan fingerprint density at radius 3 is 2.52 bits per heavy atom. The molecule has 3 aromatic rings. The molecule has 0 unspecified atom stereocenters. The Hall–Kier alpha value is -2.80. The minimum Gasteiger partial charge on any atom is -0.353 e. The first-order valence-corrected chi connectivity index (χ1v) is 10.6. The quantitative estimate of drug-likeness (QED) is 0.673. The molecule has 0 spiro atoms. The van der Waals surface area contributed by atoms with Crippen LogP contribution in [0, 0.1) is 0 Å². The van der Waals surface area contributed by atoms with Gasteiger partial charge in [-0.1, -0.05) is 54.8 Å². The number of hydrogen-bond acceptors (Lipinski definition) is 7. The molecule has 0 bridgehead atoms. The van der Waals surface area contributed by atoms with Crippen LogP contribution >= 0.6 is 0 Å². The molecular formula is C22H26N6O. The van der Waals surface area contributed by atoms with Crippen molar-refractivity contribution < 1.29 is 4.52 Å². The molecule has 1 saturated heterocycles. The Labute approximate surface area is 170 Å². The first-order valence-electron chi connectivity index (χ1n) is 10.6. The van der Waals surface area contributed by atoms with Crippen LogP contribution in [0.15, 0.2) is 47.4 Å². The van der Waals surface area contributed by atoms with Gasteiger partial charge in [-0.2, -0.15) is 4.98 Å². The predicted molar refractivity (Wildman–Crippen MR) is 111 cm³/mol. The van der Waals surface area contributed by atoms with Crippen LogP contribution in [0.25, 0.3) is 22.8 Å². The Kier molecular flexibility index (Phi) is 5.21. The maximum absolute atomic E-state index is 5.57. The molecule has 2 aliphatic rings. The van der Waals surface area contributed by atoms with Crippen molar-refractivity contribution in [3.8, 4) is 22.8 Å². The van der Waals surface area contributed by atoms with Crippen LogP contribution in [0.3, 0.4) is 0 Å². The maximum Gasteiger partial charge on any atom is 0.263 e.